The van der Waals surface area contributed by atoms with Crippen LogP contribution < -0.4 is 10.6 Å². The van der Waals surface area contributed by atoms with E-state index in [4.69, 9.17) is 5.26 Å². The molecule has 2 heterocycles. The Morgan fingerprint density at radius 1 is 1.05 bits per heavy atom. The third-order valence-electron chi connectivity index (χ3n) is 6.08. The second kappa shape index (κ2) is 11.3. The quantitative estimate of drug-likeness (QED) is 0.413. The van der Waals surface area contributed by atoms with Gasteiger partial charge in [0.25, 0.3) is 17.7 Å². The zero-order valence-electron chi connectivity index (χ0n) is 20.9. The standard InChI is InChI=1S/C26H20F6N6O3/c27-17-5-3-16(4-6-17)23(40)35-18-7-1-15(2-8-18)12-37-13-20(22(36-37)26(30,31)32)24(41)34-11-21(39)38-14-25(28,29)9-19(38)10-33/h1-8,13,19H,9,11-12,14H2,(H,34,41)(H,35,40)/t19-/m0/s1. The topological polar surface area (TPSA) is 120 Å². The van der Waals surface area contributed by atoms with Crippen molar-refractivity contribution in [1.29, 1.82) is 5.26 Å². The van der Waals surface area contributed by atoms with Crippen molar-refractivity contribution in [2.24, 2.45) is 0 Å². The molecule has 9 nitrogen and oxygen atoms in total. The van der Waals surface area contributed by atoms with Gasteiger partial charge in [-0.2, -0.15) is 23.5 Å². The van der Waals surface area contributed by atoms with Crippen LogP contribution in [0.15, 0.2) is 54.7 Å². The number of likely N-dealkylation sites (tertiary alicyclic amines) is 1. The first-order valence-corrected chi connectivity index (χ1v) is 11.9. The molecule has 1 saturated heterocycles. The first-order chi connectivity index (χ1) is 19.3. The Morgan fingerprint density at radius 2 is 1.71 bits per heavy atom. The molecule has 0 bridgehead atoms. The number of halogens is 6. The number of rotatable bonds is 7. The van der Waals surface area contributed by atoms with Crippen molar-refractivity contribution < 1.29 is 40.7 Å². The highest BCUT2D eigenvalue weighted by Gasteiger charge is 2.47. The maximum Gasteiger partial charge on any atom is 0.435 e. The molecular weight excluding hydrogens is 558 g/mol. The Bertz CT molecular complexity index is 1500. The largest absolute Gasteiger partial charge is 0.435 e. The Labute approximate surface area is 228 Å². The summed E-state index contributed by atoms with van der Waals surface area (Å²) in [7, 11) is 0. The van der Waals surface area contributed by atoms with Crippen molar-refractivity contribution in [1.82, 2.24) is 20.0 Å². The van der Waals surface area contributed by atoms with Gasteiger partial charge in [0, 0.05) is 23.9 Å². The average molecular weight is 578 g/mol. The van der Waals surface area contributed by atoms with Gasteiger partial charge in [-0.15, -0.1) is 0 Å². The van der Waals surface area contributed by atoms with E-state index in [1.807, 2.05) is 5.32 Å². The number of hydrogen-bond acceptors (Lipinski definition) is 5. The van der Waals surface area contributed by atoms with Crippen molar-refractivity contribution in [3.63, 3.8) is 0 Å². The van der Waals surface area contributed by atoms with Gasteiger partial charge < -0.3 is 15.5 Å². The molecule has 1 aromatic heterocycles. The number of aromatic nitrogens is 2. The fourth-order valence-electron chi connectivity index (χ4n) is 4.11. The van der Waals surface area contributed by atoms with Crippen LogP contribution in [0, 0.1) is 17.1 Å². The van der Waals surface area contributed by atoms with Crippen molar-refractivity contribution in [2.75, 3.05) is 18.4 Å². The number of nitriles is 1. The van der Waals surface area contributed by atoms with Gasteiger partial charge in [0.2, 0.25) is 5.91 Å². The molecule has 2 aromatic carbocycles. The van der Waals surface area contributed by atoms with Crippen LogP contribution in [0.2, 0.25) is 0 Å². The summed E-state index contributed by atoms with van der Waals surface area (Å²) in [6.45, 7) is -2.14. The predicted molar refractivity (Wildman–Crippen MR) is 130 cm³/mol. The van der Waals surface area contributed by atoms with E-state index in [1.165, 1.54) is 36.4 Å². The molecule has 1 atom stereocenters. The Kier molecular flexibility index (Phi) is 8.04. The van der Waals surface area contributed by atoms with Gasteiger partial charge in [-0.25, -0.2) is 13.2 Å². The smallest absolute Gasteiger partial charge is 0.343 e. The van der Waals surface area contributed by atoms with E-state index in [1.54, 1.807) is 6.07 Å². The Hall–Kier alpha value is -4.87. The van der Waals surface area contributed by atoms with Crippen LogP contribution >= 0.6 is 0 Å². The number of carbonyl (C=O) groups excluding carboxylic acids is 3. The lowest BCUT2D eigenvalue weighted by molar-refractivity contribution is -0.141. The van der Waals surface area contributed by atoms with E-state index in [0.717, 1.165) is 23.0 Å². The van der Waals surface area contributed by atoms with Crippen LogP contribution in [0.25, 0.3) is 0 Å². The number of carbonyl (C=O) groups is 3. The Balaban J connectivity index is 1.42. The van der Waals surface area contributed by atoms with Crippen molar-refractivity contribution in [3.05, 3.63) is 82.9 Å². The van der Waals surface area contributed by atoms with Crippen LogP contribution in [-0.2, 0) is 17.5 Å². The lowest BCUT2D eigenvalue weighted by Crippen LogP contribution is -2.43. The monoisotopic (exact) mass is 578 g/mol. The molecule has 3 aromatic rings. The van der Waals surface area contributed by atoms with E-state index in [-0.39, 0.29) is 12.1 Å². The van der Waals surface area contributed by atoms with Gasteiger partial charge in [-0.05, 0) is 42.0 Å². The SMILES string of the molecule is N#C[C@@H]1CC(F)(F)CN1C(=O)CNC(=O)c1cn(Cc2ccc(NC(=O)c3ccc(F)cc3)cc2)nc1C(F)(F)F. The number of nitrogens with zero attached hydrogens (tertiary/aromatic N) is 4. The highest BCUT2D eigenvalue weighted by atomic mass is 19.4. The summed E-state index contributed by atoms with van der Waals surface area (Å²) in [5, 5.41) is 17.0. The lowest BCUT2D eigenvalue weighted by Gasteiger charge is -2.19. The van der Waals surface area contributed by atoms with Gasteiger partial charge in [-0.3, -0.25) is 19.1 Å². The number of alkyl halides is 5. The summed E-state index contributed by atoms with van der Waals surface area (Å²) in [4.78, 5) is 37.7. The number of hydrogen-bond donors (Lipinski definition) is 2. The third kappa shape index (κ3) is 7.02. The van der Waals surface area contributed by atoms with E-state index >= 15 is 0 Å². The molecule has 0 saturated carbocycles. The van der Waals surface area contributed by atoms with E-state index in [9.17, 15) is 40.7 Å². The summed E-state index contributed by atoms with van der Waals surface area (Å²) < 4.78 is 81.9. The van der Waals surface area contributed by atoms with Crippen molar-refractivity contribution >= 4 is 23.4 Å². The molecule has 15 heteroatoms. The minimum absolute atomic E-state index is 0.200. The minimum atomic E-state index is -5.03. The van der Waals surface area contributed by atoms with E-state index < -0.39 is 72.4 Å². The zero-order chi connectivity index (χ0) is 29.9. The molecule has 0 aliphatic carbocycles. The predicted octanol–water partition coefficient (Wildman–Crippen LogP) is 3.83. The zero-order valence-corrected chi connectivity index (χ0v) is 20.9. The molecule has 1 fully saturated rings. The van der Waals surface area contributed by atoms with Gasteiger partial charge >= 0.3 is 6.18 Å². The number of amides is 3. The fraction of sp³-hybridized carbons (Fsp3) is 0.269. The fourth-order valence-corrected chi connectivity index (χ4v) is 4.11. The van der Waals surface area contributed by atoms with E-state index in [2.05, 4.69) is 10.4 Å². The van der Waals surface area contributed by atoms with Gasteiger partial charge in [0.1, 0.15) is 11.9 Å². The highest BCUT2D eigenvalue weighted by molar-refractivity contribution is 6.04. The van der Waals surface area contributed by atoms with Gasteiger partial charge in [-0.1, -0.05) is 12.1 Å². The summed E-state index contributed by atoms with van der Waals surface area (Å²) in [6.07, 6.45) is -5.08. The number of nitrogens with one attached hydrogen (secondary N) is 2. The van der Waals surface area contributed by atoms with Crippen LogP contribution in [0.5, 0.6) is 0 Å². The number of benzene rings is 2. The third-order valence-corrected chi connectivity index (χ3v) is 6.08. The minimum Gasteiger partial charge on any atom is -0.343 e. The molecule has 1 aliphatic heterocycles. The van der Waals surface area contributed by atoms with Gasteiger partial charge in [0.15, 0.2) is 5.69 Å². The summed E-state index contributed by atoms with van der Waals surface area (Å²) in [5.74, 6) is -6.66. The molecule has 0 spiro atoms. The molecule has 0 radical (unpaired) electrons. The second-order valence-corrected chi connectivity index (χ2v) is 9.15. The maximum atomic E-state index is 13.6. The molecule has 4 rings (SSSR count). The highest BCUT2D eigenvalue weighted by Crippen LogP contribution is 2.32. The van der Waals surface area contributed by atoms with Crippen LogP contribution in [0.4, 0.5) is 32.0 Å². The lowest BCUT2D eigenvalue weighted by atomic mass is 10.1. The Morgan fingerprint density at radius 3 is 2.32 bits per heavy atom. The molecule has 1 aliphatic rings. The molecule has 214 valence electrons. The van der Waals surface area contributed by atoms with Crippen LogP contribution in [0.3, 0.4) is 0 Å². The second-order valence-electron chi connectivity index (χ2n) is 9.15. The summed E-state index contributed by atoms with van der Waals surface area (Å²) in [5.41, 5.74) is -1.38. The van der Waals surface area contributed by atoms with Crippen LogP contribution in [0.1, 0.15) is 38.4 Å². The first kappa shape index (κ1) is 29.1. The molecule has 3 amide bonds. The summed E-state index contributed by atoms with van der Waals surface area (Å²) in [6, 6.07) is 11.0. The average Bonchev–Trinajstić information content (AvgIpc) is 3.49. The summed E-state index contributed by atoms with van der Waals surface area (Å²) >= 11 is 0. The van der Waals surface area contributed by atoms with Gasteiger partial charge in [0.05, 0.1) is 31.3 Å². The molecular formula is C26H20F6N6O3. The normalized spacial score (nSPS) is 16.2. The first-order valence-electron chi connectivity index (χ1n) is 11.9. The van der Waals surface area contributed by atoms with E-state index in [0.29, 0.717) is 16.2 Å². The maximum absolute atomic E-state index is 13.6. The molecule has 41 heavy (non-hydrogen) atoms. The van der Waals surface area contributed by atoms with Crippen molar-refractivity contribution in [2.45, 2.75) is 31.1 Å². The number of anilines is 1. The van der Waals surface area contributed by atoms with Crippen molar-refractivity contribution in [3.8, 4) is 6.07 Å². The molecule has 0 unspecified atom stereocenters. The van der Waals surface area contributed by atoms with Crippen LogP contribution in [-0.4, -0.2) is 57.5 Å². The molecule has 2 N–H and O–H groups in total.